The van der Waals surface area contributed by atoms with Crippen molar-refractivity contribution in [2.24, 2.45) is 0 Å². The van der Waals surface area contributed by atoms with Gasteiger partial charge in [0.25, 0.3) is 0 Å². The van der Waals surface area contributed by atoms with Crippen LogP contribution in [0.4, 0.5) is 0 Å². The monoisotopic (exact) mass is 59.0 g/mol. The highest BCUT2D eigenvalue weighted by Gasteiger charge is 1.50. The summed E-state index contributed by atoms with van der Waals surface area (Å²) in [6, 6.07) is 0. The Morgan fingerprint density at radius 2 is 2.25 bits per heavy atom. The minimum absolute atomic E-state index is 0.333. The lowest BCUT2D eigenvalue weighted by Crippen LogP contribution is -1.62. The van der Waals surface area contributed by atoms with Gasteiger partial charge in [0, 0.05) is 0 Å². The van der Waals surface area contributed by atoms with Crippen LogP contribution >= 0.6 is 0 Å². The molecule has 0 aliphatic carbocycles. The molecule has 0 aromatic heterocycles. The maximum absolute atomic E-state index is 6.33. The Morgan fingerprint density at radius 3 is 2.25 bits per heavy atom. The zero-order valence-corrected chi connectivity index (χ0v) is 2.49. The van der Waals surface area contributed by atoms with E-state index in [1.54, 1.807) is 6.08 Å². The number of hydrogen-bond acceptors (Lipinski definition) is 0. The Kier molecular flexibility index (Phi) is 2.50. The van der Waals surface area contributed by atoms with E-state index in [9.17, 15) is 0 Å². The standard InChI is InChI=1S/C3H6O/c1-2-3-4/h2,4H,1,3H2/p+1. The van der Waals surface area contributed by atoms with Crippen molar-refractivity contribution in [2.45, 2.75) is 0 Å². The molecule has 1 nitrogen and oxygen atoms in total. The number of hydrogen-bond donors (Lipinski definition) is 0. The molecule has 0 bridgehead atoms. The first-order valence-electron chi connectivity index (χ1n) is 1.17. The summed E-state index contributed by atoms with van der Waals surface area (Å²) in [5.41, 5.74) is 0. The molecular weight excluding hydrogens is 52.0 g/mol. The summed E-state index contributed by atoms with van der Waals surface area (Å²) in [6.07, 6.45) is 1.54. The maximum Gasteiger partial charge on any atom is 0.162 e. The van der Waals surface area contributed by atoms with Crippen LogP contribution in [0.15, 0.2) is 12.7 Å². The maximum atomic E-state index is 6.33. The summed E-state index contributed by atoms with van der Waals surface area (Å²) in [5, 5.41) is 6.33. The molecule has 0 aliphatic rings. The molecule has 0 amide bonds. The molecule has 0 aromatic rings. The highest BCUT2D eigenvalue weighted by molar-refractivity contribution is 4.60. The summed E-state index contributed by atoms with van der Waals surface area (Å²) >= 11 is 0. The minimum Gasteiger partial charge on any atom is -0.442 e. The van der Waals surface area contributed by atoms with Crippen LogP contribution in [0.5, 0.6) is 0 Å². The van der Waals surface area contributed by atoms with Crippen LogP contribution in [0.2, 0.25) is 0 Å². The molecule has 0 aromatic carbocycles. The Morgan fingerprint density at radius 1 is 2.00 bits per heavy atom. The van der Waals surface area contributed by atoms with Crippen LogP contribution in [0.1, 0.15) is 0 Å². The van der Waals surface area contributed by atoms with Crippen LogP contribution in [0, 0.1) is 0 Å². The van der Waals surface area contributed by atoms with Crippen molar-refractivity contribution in [2.75, 3.05) is 6.61 Å². The van der Waals surface area contributed by atoms with E-state index < -0.39 is 0 Å². The van der Waals surface area contributed by atoms with Gasteiger partial charge in [0.1, 0.15) is 0 Å². The predicted octanol–water partition coefficient (Wildman–Crippen LogP) is -0.103. The molecule has 0 rings (SSSR count). The van der Waals surface area contributed by atoms with E-state index in [1.807, 2.05) is 0 Å². The van der Waals surface area contributed by atoms with Crippen LogP contribution in [0.25, 0.3) is 0 Å². The van der Waals surface area contributed by atoms with Gasteiger partial charge in [-0.3, -0.25) is 0 Å². The molecular formula is C3H7O+. The highest BCUT2D eigenvalue weighted by Crippen LogP contribution is 1.46. The molecule has 24 valence electrons. The van der Waals surface area contributed by atoms with Gasteiger partial charge in [-0.25, -0.2) is 0 Å². The molecule has 0 atom stereocenters. The van der Waals surface area contributed by atoms with Crippen LogP contribution in [0.3, 0.4) is 0 Å². The molecule has 4 heavy (non-hydrogen) atoms. The molecule has 0 saturated carbocycles. The molecule has 0 heterocycles. The summed E-state index contributed by atoms with van der Waals surface area (Å²) in [7, 11) is 0. The van der Waals surface area contributed by atoms with Crippen molar-refractivity contribution in [3.8, 4) is 0 Å². The van der Waals surface area contributed by atoms with E-state index in [0.717, 1.165) is 0 Å². The minimum atomic E-state index is 0.333. The summed E-state index contributed by atoms with van der Waals surface area (Å²) in [6.45, 7) is 3.62. The van der Waals surface area contributed by atoms with Crippen molar-refractivity contribution in [1.82, 2.24) is 0 Å². The third-order valence-corrected chi connectivity index (χ3v) is 0.144. The van der Waals surface area contributed by atoms with E-state index in [2.05, 4.69) is 6.58 Å². The largest absolute Gasteiger partial charge is 0.442 e. The SMILES string of the molecule is C=CC[OH2+]. The zero-order valence-electron chi connectivity index (χ0n) is 2.49. The fourth-order valence-electron chi connectivity index (χ4n) is 0. The van der Waals surface area contributed by atoms with Crippen molar-refractivity contribution >= 4 is 0 Å². The average molecular weight is 59.1 g/mol. The molecule has 0 spiro atoms. The first-order chi connectivity index (χ1) is 1.91. The van der Waals surface area contributed by atoms with Gasteiger partial charge in [0.2, 0.25) is 0 Å². The Hall–Kier alpha value is -0.300. The van der Waals surface area contributed by atoms with Crippen LogP contribution < -0.4 is 0 Å². The summed E-state index contributed by atoms with van der Waals surface area (Å²) in [4.78, 5) is 0. The first kappa shape index (κ1) is 3.70. The van der Waals surface area contributed by atoms with Gasteiger partial charge in [-0.05, 0) is 6.08 Å². The lowest BCUT2D eigenvalue weighted by molar-refractivity contribution is 0.343. The Labute approximate surface area is 25.6 Å². The van der Waals surface area contributed by atoms with Gasteiger partial charge in [0.15, 0.2) is 6.61 Å². The summed E-state index contributed by atoms with van der Waals surface area (Å²) < 4.78 is 0. The van der Waals surface area contributed by atoms with Gasteiger partial charge < -0.3 is 5.11 Å². The van der Waals surface area contributed by atoms with E-state index in [-0.39, 0.29) is 0 Å². The lowest BCUT2D eigenvalue weighted by Gasteiger charge is -1.56. The van der Waals surface area contributed by atoms with E-state index >= 15 is 0 Å². The molecule has 0 unspecified atom stereocenters. The van der Waals surface area contributed by atoms with E-state index in [1.165, 1.54) is 0 Å². The topological polar surface area (TPSA) is 22.9 Å². The second-order valence-electron chi connectivity index (χ2n) is 0.493. The predicted molar refractivity (Wildman–Crippen MR) is 18.7 cm³/mol. The van der Waals surface area contributed by atoms with Crippen LogP contribution in [-0.4, -0.2) is 11.7 Å². The average Bonchev–Trinajstić information content (AvgIpc) is 1.37. The van der Waals surface area contributed by atoms with Gasteiger partial charge >= 0.3 is 0 Å². The number of rotatable bonds is 1. The highest BCUT2D eigenvalue weighted by atomic mass is 16.2. The Balaban J connectivity index is 2.30. The van der Waals surface area contributed by atoms with Gasteiger partial charge in [-0.1, -0.05) is 6.58 Å². The second-order valence-corrected chi connectivity index (χ2v) is 0.493. The molecule has 1 heteroatoms. The van der Waals surface area contributed by atoms with Crippen molar-refractivity contribution < 1.29 is 5.11 Å². The fourth-order valence-corrected chi connectivity index (χ4v) is 0. The summed E-state index contributed by atoms with van der Waals surface area (Å²) in [5.74, 6) is 0. The first-order valence-corrected chi connectivity index (χ1v) is 1.17. The third kappa shape index (κ3) is 1.70. The second kappa shape index (κ2) is 2.70. The smallest absolute Gasteiger partial charge is 0.162 e. The molecule has 0 radical (unpaired) electrons. The fraction of sp³-hybridized carbons (Fsp3) is 0.333. The molecule has 2 N–H and O–H groups in total. The molecule has 0 fully saturated rings. The Bertz CT molecular complexity index is 17.2. The van der Waals surface area contributed by atoms with Gasteiger partial charge in [-0.15, -0.1) is 0 Å². The third-order valence-electron chi connectivity index (χ3n) is 0.144. The van der Waals surface area contributed by atoms with Gasteiger partial charge in [0.05, 0.1) is 0 Å². The van der Waals surface area contributed by atoms with E-state index in [4.69, 9.17) is 5.11 Å². The lowest BCUT2D eigenvalue weighted by atomic mass is 10.7. The zero-order chi connectivity index (χ0) is 3.41. The van der Waals surface area contributed by atoms with Gasteiger partial charge in [-0.2, -0.15) is 0 Å². The van der Waals surface area contributed by atoms with Crippen LogP contribution in [-0.2, 0) is 0 Å². The molecule has 0 aliphatic heterocycles. The van der Waals surface area contributed by atoms with E-state index in [0.29, 0.717) is 6.61 Å². The van der Waals surface area contributed by atoms with Crippen molar-refractivity contribution in [3.05, 3.63) is 12.7 Å². The molecule has 0 saturated heterocycles. The normalized spacial score (nSPS) is 6.25. The quantitative estimate of drug-likeness (QED) is 0.297. The van der Waals surface area contributed by atoms with Crippen molar-refractivity contribution in [3.63, 3.8) is 0 Å². The van der Waals surface area contributed by atoms with Crippen molar-refractivity contribution in [1.29, 1.82) is 0 Å².